The molecule has 0 unspecified atom stereocenters. The molecular formula is C30H25ClN2O3S. The molecule has 2 atom stereocenters. The van der Waals surface area contributed by atoms with E-state index in [9.17, 15) is 13.2 Å². The maximum Gasteiger partial charge on any atom is 0.256 e. The summed E-state index contributed by atoms with van der Waals surface area (Å²) < 4.78 is 30.1. The van der Waals surface area contributed by atoms with Gasteiger partial charge >= 0.3 is 0 Å². The summed E-state index contributed by atoms with van der Waals surface area (Å²) in [6.07, 6.45) is 1.75. The van der Waals surface area contributed by atoms with Gasteiger partial charge in [0.05, 0.1) is 17.0 Å². The first-order valence-electron chi connectivity index (χ1n) is 11.8. The van der Waals surface area contributed by atoms with Crippen LogP contribution in [0.1, 0.15) is 22.7 Å². The number of hydrogen-bond acceptors (Lipinski definition) is 3. The molecule has 0 radical (unpaired) electrons. The molecule has 1 N–H and O–H groups in total. The van der Waals surface area contributed by atoms with Crippen molar-refractivity contribution in [2.75, 3.05) is 4.90 Å². The lowest BCUT2D eigenvalue weighted by Gasteiger charge is -2.29. The highest BCUT2D eigenvalue weighted by Gasteiger charge is 2.48. The smallest absolute Gasteiger partial charge is 0.256 e. The van der Waals surface area contributed by atoms with E-state index < -0.39 is 22.1 Å². The Labute approximate surface area is 222 Å². The standard InChI is InChI=1S/C30H25ClN2O3S/c1-21-16-18-24(19-17-21)37(35,36)32-28-26(20-22-10-4-2-5-11-22)30(34)33(23-12-6-3-7-13-23)29(28)25-14-8-9-15-27(25)31/h2-20,28-29,32H,1H3/b26-20-/t28-,29+/m0/s1. The van der Waals surface area contributed by atoms with E-state index in [0.29, 0.717) is 21.8 Å². The van der Waals surface area contributed by atoms with Crippen molar-refractivity contribution in [3.63, 3.8) is 0 Å². The van der Waals surface area contributed by atoms with Crippen LogP contribution < -0.4 is 9.62 Å². The molecule has 1 aliphatic rings. The fourth-order valence-corrected chi connectivity index (χ4v) is 6.05. The molecule has 0 bridgehead atoms. The van der Waals surface area contributed by atoms with E-state index in [-0.39, 0.29) is 10.8 Å². The molecule has 0 aromatic heterocycles. The van der Waals surface area contributed by atoms with Crippen LogP contribution in [0.3, 0.4) is 0 Å². The second-order valence-electron chi connectivity index (χ2n) is 8.90. The number of carbonyl (C=O) groups excluding carboxylic acids is 1. The van der Waals surface area contributed by atoms with Crippen LogP contribution >= 0.6 is 11.6 Å². The van der Waals surface area contributed by atoms with Gasteiger partial charge in [-0.05, 0) is 54.5 Å². The van der Waals surface area contributed by atoms with Crippen LogP contribution in [0.2, 0.25) is 5.02 Å². The molecule has 186 valence electrons. The molecule has 1 fully saturated rings. The Morgan fingerprint density at radius 3 is 2.05 bits per heavy atom. The summed E-state index contributed by atoms with van der Waals surface area (Å²) in [5, 5.41) is 0.446. The van der Waals surface area contributed by atoms with Crippen LogP contribution in [0.5, 0.6) is 0 Å². The van der Waals surface area contributed by atoms with Gasteiger partial charge < -0.3 is 0 Å². The lowest BCUT2D eigenvalue weighted by atomic mass is 9.96. The SMILES string of the molecule is Cc1ccc(S(=O)(=O)N[C@H]2/C(=C/c3ccccc3)C(=O)N(c3ccccc3)[C@@H]2c2ccccc2Cl)cc1. The molecule has 1 saturated heterocycles. The van der Waals surface area contributed by atoms with E-state index in [1.54, 1.807) is 41.3 Å². The van der Waals surface area contributed by atoms with Crippen molar-refractivity contribution < 1.29 is 13.2 Å². The summed E-state index contributed by atoms with van der Waals surface area (Å²) in [4.78, 5) is 15.8. The van der Waals surface area contributed by atoms with Crippen molar-refractivity contribution in [1.29, 1.82) is 0 Å². The highest BCUT2D eigenvalue weighted by Crippen LogP contribution is 2.43. The molecule has 0 saturated carbocycles. The van der Waals surface area contributed by atoms with E-state index in [2.05, 4.69) is 4.72 Å². The molecule has 5 rings (SSSR count). The molecule has 0 spiro atoms. The number of para-hydroxylation sites is 1. The van der Waals surface area contributed by atoms with Crippen LogP contribution in [-0.2, 0) is 14.8 Å². The summed E-state index contributed by atoms with van der Waals surface area (Å²) in [5.41, 5.74) is 3.36. The summed E-state index contributed by atoms with van der Waals surface area (Å²) in [7, 11) is -3.98. The number of aryl methyl sites for hydroxylation is 1. The second-order valence-corrected chi connectivity index (χ2v) is 11.0. The third kappa shape index (κ3) is 5.09. The van der Waals surface area contributed by atoms with Gasteiger partial charge in [-0.25, -0.2) is 13.1 Å². The van der Waals surface area contributed by atoms with Crippen molar-refractivity contribution in [3.05, 3.63) is 136 Å². The number of nitrogens with one attached hydrogen (secondary N) is 1. The summed E-state index contributed by atoms with van der Waals surface area (Å²) >= 11 is 6.65. The predicted molar refractivity (Wildman–Crippen MR) is 148 cm³/mol. The Balaban J connectivity index is 1.71. The summed E-state index contributed by atoms with van der Waals surface area (Å²) in [6, 6.07) is 30.8. The van der Waals surface area contributed by atoms with Crippen molar-refractivity contribution >= 4 is 39.3 Å². The number of anilines is 1. The Morgan fingerprint density at radius 2 is 1.41 bits per heavy atom. The maximum atomic E-state index is 14.1. The second kappa shape index (κ2) is 10.3. The largest absolute Gasteiger partial charge is 0.299 e. The number of halogens is 1. The molecule has 0 aliphatic carbocycles. The van der Waals surface area contributed by atoms with Gasteiger partial charge in [0, 0.05) is 16.3 Å². The predicted octanol–water partition coefficient (Wildman–Crippen LogP) is 6.17. The van der Waals surface area contributed by atoms with Crippen LogP contribution in [0.15, 0.2) is 120 Å². The van der Waals surface area contributed by atoms with Crippen molar-refractivity contribution in [3.8, 4) is 0 Å². The van der Waals surface area contributed by atoms with Crippen molar-refractivity contribution in [1.82, 2.24) is 4.72 Å². The van der Waals surface area contributed by atoms with Crippen LogP contribution in [-0.4, -0.2) is 20.4 Å². The van der Waals surface area contributed by atoms with Crippen LogP contribution in [0.4, 0.5) is 5.69 Å². The monoisotopic (exact) mass is 528 g/mol. The minimum atomic E-state index is -3.98. The van der Waals surface area contributed by atoms with Gasteiger partial charge in [0.2, 0.25) is 10.0 Å². The minimum absolute atomic E-state index is 0.126. The third-order valence-electron chi connectivity index (χ3n) is 6.39. The lowest BCUT2D eigenvalue weighted by molar-refractivity contribution is -0.114. The number of carbonyl (C=O) groups is 1. The van der Waals surface area contributed by atoms with E-state index in [1.165, 1.54) is 0 Å². The van der Waals surface area contributed by atoms with E-state index in [0.717, 1.165) is 11.1 Å². The zero-order valence-corrected chi connectivity index (χ0v) is 21.7. The maximum absolute atomic E-state index is 14.1. The van der Waals surface area contributed by atoms with E-state index in [1.807, 2.05) is 85.8 Å². The molecule has 7 heteroatoms. The van der Waals surface area contributed by atoms with Crippen LogP contribution in [0, 0.1) is 6.92 Å². The topological polar surface area (TPSA) is 66.5 Å². The van der Waals surface area contributed by atoms with Gasteiger partial charge in [-0.15, -0.1) is 0 Å². The number of amides is 1. The number of sulfonamides is 1. The molecule has 37 heavy (non-hydrogen) atoms. The fourth-order valence-electron chi connectivity index (χ4n) is 4.58. The van der Waals surface area contributed by atoms with Gasteiger partial charge in [-0.3, -0.25) is 9.69 Å². The zero-order chi connectivity index (χ0) is 26.0. The summed E-state index contributed by atoms with van der Waals surface area (Å²) in [5.74, 6) is -0.295. The number of nitrogens with zero attached hydrogens (tertiary/aromatic N) is 1. The third-order valence-corrected chi connectivity index (χ3v) is 8.19. The van der Waals surface area contributed by atoms with Gasteiger partial charge in [0.25, 0.3) is 5.91 Å². The average Bonchev–Trinajstić information content (AvgIpc) is 3.16. The highest BCUT2D eigenvalue weighted by molar-refractivity contribution is 7.89. The van der Waals surface area contributed by atoms with Gasteiger partial charge in [0.1, 0.15) is 0 Å². The van der Waals surface area contributed by atoms with E-state index in [4.69, 9.17) is 11.6 Å². The highest BCUT2D eigenvalue weighted by atomic mass is 35.5. The molecule has 5 nitrogen and oxygen atoms in total. The first-order valence-corrected chi connectivity index (χ1v) is 13.7. The number of benzene rings is 4. The molecular weight excluding hydrogens is 504 g/mol. The zero-order valence-electron chi connectivity index (χ0n) is 20.1. The lowest BCUT2D eigenvalue weighted by Crippen LogP contribution is -2.40. The normalized spacial score (nSPS) is 18.9. The Kier molecular flexibility index (Phi) is 6.98. The molecule has 1 amide bonds. The molecule has 4 aromatic rings. The first kappa shape index (κ1) is 25.0. The minimum Gasteiger partial charge on any atom is -0.299 e. The van der Waals surface area contributed by atoms with Gasteiger partial charge in [-0.2, -0.15) is 0 Å². The molecule has 1 aliphatic heterocycles. The summed E-state index contributed by atoms with van der Waals surface area (Å²) in [6.45, 7) is 1.89. The Morgan fingerprint density at radius 1 is 0.811 bits per heavy atom. The first-order chi connectivity index (χ1) is 17.8. The fraction of sp³-hybridized carbons (Fsp3) is 0.100. The Bertz CT molecular complexity index is 1550. The number of hydrogen-bond donors (Lipinski definition) is 1. The van der Waals surface area contributed by atoms with Crippen molar-refractivity contribution in [2.45, 2.75) is 23.9 Å². The molecule has 1 heterocycles. The van der Waals surface area contributed by atoms with Crippen LogP contribution in [0.25, 0.3) is 6.08 Å². The van der Waals surface area contributed by atoms with Gasteiger partial charge in [0.15, 0.2) is 0 Å². The quantitative estimate of drug-likeness (QED) is 0.304. The van der Waals surface area contributed by atoms with Gasteiger partial charge in [-0.1, -0.05) is 96.0 Å². The molecule has 4 aromatic carbocycles. The van der Waals surface area contributed by atoms with Crippen molar-refractivity contribution in [2.24, 2.45) is 0 Å². The number of rotatable bonds is 6. The average molecular weight is 529 g/mol. The Hall–Kier alpha value is -3.71. The van der Waals surface area contributed by atoms with E-state index >= 15 is 0 Å².